The van der Waals surface area contributed by atoms with Crippen LogP contribution in [0.4, 0.5) is 0 Å². The smallest absolute Gasteiger partial charge is 0.331 e. The summed E-state index contributed by atoms with van der Waals surface area (Å²) in [5.74, 6) is -3.59. The van der Waals surface area contributed by atoms with Crippen LogP contribution in [0.2, 0.25) is 0 Å². The molecule has 0 saturated carbocycles. The Bertz CT molecular complexity index is 1710. The third-order valence-corrected chi connectivity index (χ3v) is 9.60. The number of aliphatic hydroxyl groups is 6. The standard InChI is InChI=1S/C37H48O20/c1-15-26(44)28(46)30(48)35(52-15)51-14-24-32(56-25(43)9-6-18-4-7-20(39)22(41)12-18)33(57-36-31(49)29(47)27(45)16(2)53-36)34(54-17(3)38)37(55-24)50-11-10-19-5-8-21(40)23(42)13-19/h4-9,12-13,15-16,24,26-37,39-42,44-49H,10-11,14H2,1-3H3/t15?,16?,24?,26?,27?,28?,29?,30?,31?,32?,33?,34?,35?,36-,37?/m0/s1. The number of ether oxygens (including phenoxy) is 8. The lowest BCUT2D eigenvalue weighted by molar-refractivity contribution is -0.364. The number of phenolic OH excluding ortho intramolecular Hbond substituents is 4. The first-order valence-corrected chi connectivity index (χ1v) is 18.0. The Morgan fingerprint density at radius 1 is 0.649 bits per heavy atom. The van der Waals surface area contributed by atoms with E-state index in [0.717, 1.165) is 19.1 Å². The van der Waals surface area contributed by atoms with E-state index < -0.39 is 128 Å². The molecular weight excluding hydrogens is 764 g/mol. The first kappa shape index (κ1) is 44.0. The molecule has 3 saturated heterocycles. The highest BCUT2D eigenvalue weighted by Gasteiger charge is 2.55. The maximum Gasteiger partial charge on any atom is 0.331 e. The van der Waals surface area contributed by atoms with Crippen molar-refractivity contribution in [1.82, 2.24) is 0 Å². The average Bonchev–Trinajstić information content (AvgIpc) is 3.16. The van der Waals surface area contributed by atoms with Gasteiger partial charge in [-0.05, 0) is 61.7 Å². The van der Waals surface area contributed by atoms with E-state index in [1.807, 2.05) is 0 Å². The molecule has 14 unspecified atom stereocenters. The zero-order valence-corrected chi connectivity index (χ0v) is 31.0. The fourth-order valence-corrected chi connectivity index (χ4v) is 6.38. The van der Waals surface area contributed by atoms with Gasteiger partial charge in [-0.1, -0.05) is 12.1 Å². The topological polar surface area (TPSA) is 310 Å². The normalized spacial score (nSPS) is 35.8. The number of carbonyl (C=O) groups excluding carboxylic acids is 2. The molecule has 0 amide bonds. The summed E-state index contributed by atoms with van der Waals surface area (Å²) in [7, 11) is 0. The molecule has 316 valence electrons. The highest BCUT2D eigenvalue weighted by molar-refractivity contribution is 5.87. The number of hydrogen-bond donors (Lipinski definition) is 10. The van der Waals surface area contributed by atoms with Gasteiger partial charge in [-0.15, -0.1) is 0 Å². The van der Waals surface area contributed by atoms with Gasteiger partial charge >= 0.3 is 11.9 Å². The molecule has 15 atom stereocenters. The van der Waals surface area contributed by atoms with E-state index in [2.05, 4.69) is 0 Å². The van der Waals surface area contributed by atoms with E-state index in [0.29, 0.717) is 5.56 Å². The minimum Gasteiger partial charge on any atom is -0.504 e. The molecule has 3 aliphatic rings. The predicted octanol–water partition coefficient (Wildman–Crippen LogP) is -1.59. The molecule has 3 heterocycles. The van der Waals surface area contributed by atoms with Crippen LogP contribution in [0, 0.1) is 0 Å². The predicted molar refractivity (Wildman–Crippen MR) is 188 cm³/mol. The van der Waals surface area contributed by atoms with Gasteiger partial charge < -0.3 is 89.0 Å². The molecule has 3 aliphatic heterocycles. The number of esters is 2. The van der Waals surface area contributed by atoms with Crippen molar-refractivity contribution in [3.8, 4) is 23.0 Å². The fourth-order valence-electron chi connectivity index (χ4n) is 6.38. The van der Waals surface area contributed by atoms with E-state index in [4.69, 9.17) is 37.9 Å². The van der Waals surface area contributed by atoms with Crippen molar-refractivity contribution in [3.05, 3.63) is 53.6 Å². The minimum atomic E-state index is -1.90. The van der Waals surface area contributed by atoms with Crippen molar-refractivity contribution in [1.29, 1.82) is 0 Å². The van der Waals surface area contributed by atoms with Crippen LogP contribution in [0.3, 0.4) is 0 Å². The summed E-state index contributed by atoms with van der Waals surface area (Å²) in [6.45, 7) is 3.05. The molecule has 57 heavy (non-hydrogen) atoms. The lowest BCUT2D eigenvalue weighted by Crippen LogP contribution is -2.66. The van der Waals surface area contributed by atoms with Crippen molar-refractivity contribution < 1.29 is 98.5 Å². The third-order valence-electron chi connectivity index (χ3n) is 9.60. The van der Waals surface area contributed by atoms with Crippen molar-refractivity contribution in [3.63, 3.8) is 0 Å². The Hall–Kier alpha value is -4.16. The van der Waals surface area contributed by atoms with Crippen molar-refractivity contribution in [2.24, 2.45) is 0 Å². The highest BCUT2D eigenvalue weighted by Crippen LogP contribution is 2.35. The molecule has 0 bridgehead atoms. The average molecular weight is 813 g/mol. The fraction of sp³-hybridized carbons (Fsp3) is 0.568. The zero-order valence-electron chi connectivity index (χ0n) is 31.0. The molecular formula is C37H48O20. The Kier molecular flexibility index (Phi) is 14.7. The molecule has 0 spiro atoms. The Labute approximate surface area is 325 Å². The van der Waals surface area contributed by atoms with Crippen LogP contribution in [-0.4, -0.2) is 168 Å². The zero-order chi connectivity index (χ0) is 41.7. The lowest BCUT2D eigenvalue weighted by Gasteiger charge is -2.48. The quantitative estimate of drug-likeness (QED) is 0.0619. The van der Waals surface area contributed by atoms with Gasteiger partial charge in [0, 0.05) is 13.0 Å². The van der Waals surface area contributed by atoms with Gasteiger partial charge in [-0.25, -0.2) is 4.79 Å². The van der Waals surface area contributed by atoms with Crippen molar-refractivity contribution in [2.45, 2.75) is 119 Å². The van der Waals surface area contributed by atoms with Crippen molar-refractivity contribution >= 4 is 18.0 Å². The first-order valence-electron chi connectivity index (χ1n) is 18.0. The first-order chi connectivity index (χ1) is 26.9. The van der Waals surface area contributed by atoms with Gasteiger partial charge in [0.25, 0.3) is 0 Å². The summed E-state index contributed by atoms with van der Waals surface area (Å²) in [5, 5.41) is 102. The van der Waals surface area contributed by atoms with Crippen LogP contribution in [-0.2, 0) is 53.9 Å². The summed E-state index contributed by atoms with van der Waals surface area (Å²) in [6.07, 6.45) is -21.3. The number of benzene rings is 2. The van der Waals surface area contributed by atoms with Crippen LogP contribution in [0.1, 0.15) is 31.9 Å². The van der Waals surface area contributed by atoms with Crippen molar-refractivity contribution in [2.75, 3.05) is 13.2 Å². The van der Waals surface area contributed by atoms with E-state index in [9.17, 15) is 60.7 Å². The van der Waals surface area contributed by atoms with Gasteiger partial charge in [-0.2, -0.15) is 0 Å². The van der Waals surface area contributed by atoms with Gasteiger partial charge in [0.1, 0.15) is 48.8 Å². The summed E-state index contributed by atoms with van der Waals surface area (Å²) in [4.78, 5) is 26.1. The Morgan fingerprint density at radius 2 is 1.25 bits per heavy atom. The van der Waals surface area contributed by atoms with Gasteiger partial charge in [0.15, 0.2) is 54.1 Å². The highest BCUT2D eigenvalue weighted by atomic mass is 16.8. The summed E-state index contributed by atoms with van der Waals surface area (Å²) >= 11 is 0. The maximum atomic E-state index is 13.5. The summed E-state index contributed by atoms with van der Waals surface area (Å²) in [5.41, 5.74) is 0.776. The van der Waals surface area contributed by atoms with Gasteiger partial charge in [-0.3, -0.25) is 4.79 Å². The molecule has 0 aliphatic carbocycles. The number of aromatic hydroxyl groups is 4. The molecule has 2 aromatic carbocycles. The van der Waals surface area contributed by atoms with Crippen LogP contribution < -0.4 is 0 Å². The molecule has 10 N–H and O–H groups in total. The number of rotatable bonds is 13. The Balaban J connectivity index is 1.50. The van der Waals surface area contributed by atoms with Gasteiger partial charge in [0.05, 0.1) is 25.4 Å². The second kappa shape index (κ2) is 19.1. The molecule has 20 nitrogen and oxygen atoms in total. The number of phenols is 4. The van der Waals surface area contributed by atoms with Crippen LogP contribution in [0.15, 0.2) is 42.5 Å². The van der Waals surface area contributed by atoms with E-state index >= 15 is 0 Å². The van der Waals surface area contributed by atoms with E-state index in [-0.39, 0.29) is 24.3 Å². The number of hydrogen-bond acceptors (Lipinski definition) is 20. The molecule has 20 heteroatoms. The van der Waals surface area contributed by atoms with E-state index in [1.54, 1.807) is 0 Å². The van der Waals surface area contributed by atoms with E-state index in [1.165, 1.54) is 50.3 Å². The van der Waals surface area contributed by atoms with Crippen LogP contribution in [0.25, 0.3) is 6.08 Å². The summed E-state index contributed by atoms with van der Waals surface area (Å²) < 4.78 is 46.8. The third kappa shape index (κ3) is 10.7. The van der Waals surface area contributed by atoms with Gasteiger partial charge in [0.2, 0.25) is 0 Å². The second-order valence-electron chi connectivity index (χ2n) is 13.8. The molecule has 2 aromatic rings. The lowest BCUT2D eigenvalue weighted by atomic mass is 9.96. The Morgan fingerprint density at radius 3 is 1.86 bits per heavy atom. The monoisotopic (exact) mass is 812 g/mol. The molecule has 5 rings (SSSR count). The second-order valence-corrected chi connectivity index (χ2v) is 13.8. The molecule has 3 fully saturated rings. The molecule has 0 radical (unpaired) electrons. The maximum absolute atomic E-state index is 13.5. The van der Waals surface area contributed by atoms with Crippen LogP contribution >= 0.6 is 0 Å². The largest absolute Gasteiger partial charge is 0.504 e. The minimum absolute atomic E-state index is 0.107. The van der Waals surface area contributed by atoms with Crippen LogP contribution in [0.5, 0.6) is 23.0 Å². The molecule has 0 aromatic heterocycles. The SMILES string of the molecule is CC(=O)OC1C(OCCc2ccc(O)c(O)c2)OC(COC2OC(C)C(O)C(O)C2O)C(OC(=O)C=Cc2ccc(O)c(O)c2)C1O[C@@H]1OC(C)C(O)C(O)C1O. The number of carbonyl (C=O) groups is 2. The summed E-state index contributed by atoms with van der Waals surface area (Å²) in [6, 6.07) is 7.79. The number of aliphatic hydroxyl groups excluding tert-OH is 6.